The Labute approximate surface area is 210 Å². The summed E-state index contributed by atoms with van der Waals surface area (Å²) in [6.45, 7) is 12.1. The molecule has 0 amide bonds. The van der Waals surface area contributed by atoms with Gasteiger partial charge in [0.15, 0.2) is 5.96 Å². The molecule has 2 aliphatic heterocycles. The van der Waals surface area contributed by atoms with Gasteiger partial charge in [-0.15, -0.1) is 24.0 Å². The lowest BCUT2D eigenvalue weighted by atomic mass is 10.1. The van der Waals surface area contributed by atoms with Crippen LogP contribution < -0.4 is 5.32 Å². The molecule has 1 N–H and O–H groups in total. The molecule has 3 unspecified atom stereocenters. The fraction of sp³-hybridized carbons (Fsp3) is 0.708. The number of benzene rings is 1. The highest BCUT2D eigenvalue weighted by molar-refractivity contribution is 14.0. The van der Waals surface area contributed by atoms with E-state index in [1.165, 1.54) is 11.1 Å². The van der Waals surface area contributed by atoms with Crippen LogP contribution in [-0.4, -0.2) is 88.1 Å². The number of likely N-dealkylation sites (tertiary alicyclic amines) is 1. The second-order valence-electron chi connectivity index (χ2n) is 8.79. The molecule has 7 nitrogen and oxygen atoms in total. The summed E-state index contributed by atoms with van der Waals surface area (Å²) in [5, 5.41) is 3.59. The van der Waals surface area contributed by atoms with Gasteiger partial charge in [-0.05, 0) is 31.4 Å². The molecule has 3 atom stereocenters. The van der Waals surface area contributed by atoms with Gasteiger partial charge >= 0.3 is 0 Å². The lowest BCUT2D eigenvalue weighted by Gasteiger charge is -2.35. The zero-order chi connectivity index (χ0) is 22.1. The van der Waals surface area contributed by atoms with Crippen molar-refractivity contribution in [2.24, 2.45) is 10.9 Å². The molecule has 1 aromatic rings. The van der Waals surface area contributed by atoms with E-state index in [9.17, 15) is 0 Å². The monoisotopic (exact) mass is 560 g/mol. The predicted octanol–water partition coefficient (Wildman–Crippen LogP) is 2.97. The number of methoxy groups -OCH3 is 1. The molecule has 1 aromatic carbocycles. The molecule has 0 aromatic heterocycles. The first-order chi connectivity index (χ1) is 15.1. The van der Waals surface area contributed by atoms with Crippen LogP contribution in [0.1, 0.15) is 31.4 Å². The van der Waals surface area contributed by atoms with Crippen molar-refractivity contribution >= 4 is 29.9 Å². The highest BCUT2D eigenvalue weighted by Gasteiger charge is 2.25. The minimum atomic E-state index is 0. The zero-order valence-corrected chi connectivity index (χ0v) is 22.4. The summed E-state index contributed by atoms with van der Waals surface area (Å²) in [5.74, 6) is 1.52. The van der Waals surface area contributed by atoms with Crippen LogP contribution >= 0.6 is 24.0 Å². The molecule has 0 radical (unpaired) electrons. The Morgan fingerprint density at radius 3 is 2.53 bits per heavy atom. The lowest BCUT2D eigenvalue weighted by molar-refractivity contribution is -0.0705. The zero-order valence-electron chi connectivity index (χ0n) is 20.1. The van der Waals surface area contributed by atoms with Gasteiger partial charge in [-0.2, -0.15) is 0 Å². The quantitative estimate of drug-likeness (QED) is 0.217. The molecule has 3 rings (SSSR count). The molecule has 2 heterocycles. The van der Waals surface area contributed by atoms with Crippen molar-refractivity contribution < 1.29 is 14.2 Å². The summed E-state index contributed by atoms with van der Waals surface area (Å²) in [6.07, 6.45) is 1.71. The predicted molar refractivity (Wildman–Crippen MR) is 140 cm³/mol. The van der Waals surface area contributed by atoms with Crippen molar-refractivity contribution in [2.75, 3.05) is 60.2 Å². The third kappa shape index (κ3) is 8.44. The average Bonchev–Trinajstić information content (AvgIpc) is 3.21. The standard InChI is InChI=1S/C24H40N4O3.HI/c1-19-14-27(15-20(2)31-19)17-23-8-6-5-7-22(23)13-26-24(25-3)28-10-9-21(16-28)18-30-12-11-29-4;/h5-8,19-21H,9-18H2,1-4H3,(H,25,26);1H. The topological polar surface area (TPSA) is 58.6 Å². The fourth-order valence-corrected chi connectivity index (χ4v) is 4.60. The van der Waals surface area contributed by atoms with Gasteiger partial charge in [-0.1, -0.05) is 24.3 Å². The first-order valence-corrected chi connectivity index (χ1v) is 11.6. The molecule has 8 heteroatoms. The van der Waals surface area contributed by atoms with Crippen molar-refractivity contribution in [3.05, 3.63) is 35.4 Å². The molecule has 182 valence electrons. The molecule has 0 saturated carbocycles. The molecular formula is C24H41IN4O3. The normalized spacial score (nSPS) is 24.4. The van der Waals surface area contributed by atoms with E-state index in [2.05, 4.69) is 58.2 Å². The molecule has 0 bridgehead atoms. The molecule has 32 heavy (non-hydrogen) atoms. The Kier molecular flexibility index (Phi) is 12.2. The molecule has 2 fully saturated rings. The van der Waals surface area contributed by atoms with E-state index >= 15 is 0 Å². The maximum absolute atomic E-state index is 5.89. The van der Waals surface area contributed by atoms with E-state index in [0.29, 0.717) is 19.1 Å². The molecule has 0 aliphatic carbocycles. The van der Waals surface area contributed by atoms with Gasteiger partial charge in [0, 0.05) is 59.3 Å². The second kappa shape index (κ2) is 14.3. The van der Waals surface area contributed by atoms with Crippen molar-refractivity contribution in [1.82, 2.24) is 15.1 Å². The van der Waals surface area contributed by atoms with Crippen molar-refractivity contribution in [3.63, 3.8) is 0 Å². The molecular weight excluding hydrogens is 519 g/mol. The van der Waals surface area contributed by atoms with Crippen LogP contribution in [0.3, 0.4) is 0 Å². The fourth-order valence-electron chi connectivity index (χ4n) is 4.60. The Morgan fingerprint density at radius 2 is 1.84 bits per heavy atom. The van der Waals surface area contributed by atoms with Gasteiger partial charge in [0.25, 0.3) is 0 Å². The Bertz CT molecular complexity index is 696. The third-order valence-corrected chi connectivity index (χ3v) is 6.03. The van der Waals surface area contributed by atoms with Gasteiger partial charge in [0.2, 0.25) is 0 Å². The second-order valence-corrected chi connectivity index (χ2v) is 8.79. The van der Waals surface area contributed by atoms with E-state index in [0.717, 1.165) is 58.3 Å². The Hall–Kier alpha value is -0.940. The summed E-state index contributed by atoms with van der Waals surface area (Å²) in [6, 6.07) is 8.72. The van der Waals surface area contributed by atoms with E-state index in [-0.39, 0.29) is 36.2 Å². The van der Waals surface area contributed by atoms with E-state index in [1.54, 1.807) is 7.11 Å². The van der Waals surface area contributed by atoms with Crippen molar-refractivity contribution in [3.8, 4) is 0 Å². The number of nitrogens with zero attached hydrogens (tertiary/aromatic N) is 3. The number of hydrogen-bond acceptors (Lipinski definition) is 5. The van der Waals surface area contributed by atoms with E-state index in [4.69, 9.17) is 14.2 Å². The Balaban J connectivity index is 0.00000363. The Morgan fingerprint density at radius 1 is 1.12 bits per heavy atom. The number of guanidine groups is 1. The summed E-state index contributed by atoms with van der Waals surface area (Å²) in [5.41, 5.74) is 2.70. The van der Waals surface area contributed by atoms with Gasteiger partial charge in [-0.25, -0.2) is 0 Å². The minimum Gasteiger partial charge on any atom is -0.382 e. The maximum atomic E-state index is 5.89. The smallest absolute Gasteiger partial charge is 0.193 e. The minimum absolute atomic E-state index is 0. The highest BCUT2D eigenvalue weighted by Crippen LogP contribution is 2.19. The highest BCUT2D eigenvalue weighted by atomic mass is 127. The van der Waals surface area contributed by atoms with Crippen LogP contribution in [0.5, 0.6) is 0 Å². The third-order valence-electron chi connectivity index (χ3n) is 6.03. The molecule has 0 spiro atoms. The summed E-state index contributed by atoms with van der Waals surface area (Å²) in [7, 11) is 3.57. The van der Waals surface area contributed by atoms with Crippen molar-refractivity contribution in [2.45, 2.75) is 45.6 Å². The number of rotatable bonds is 9. The van der Waals surface area contributed by atoms with Crippen LogP contribution in [-0.2, 0) is 27.3 Å². The number of ether oxygens (including phenoxy) is 3. The summed E-state index contributed by atoms with van der Waals surface area (Å²) >= 11 is 0. The first-order valence-electron chi connectivity index (χ1n) is 11.6. The molecule has 2 saturated heterocycles. The average molecular weight is 561 g/mol. The SMILES string of the molecule is CN=C(NCc1ccccc1CN1CC(C)OC(C)C1)N1CCC(COCCOC)C1.I. The van der Waals surface area contributed by atoms with Gasteiger partial charge in [0.1, 0.15) is 0 Å². The van der Waals surface area contributed by atoms with Crippen LogP contribution in [0.15, 0.2) is 29.3 Å². The van der Waals surface area contributed by atoms with Crippen LogP contribution in [0, 0.1) is 5.92 Å². The first kappa shape index (κ1) is 27.3. The van der Waals surface area contributed by atoms with Gasteiger partial charge in [-0.3, -0.25) is 9.89 Å². The number of hydrogen-bond donors (Lipinski definition) is 1. The summed E-state index contributed by atoms with van der Waals surface area (Å²) < 4.78 is 16.7. The largest absolute Gasteiger partial charge is 0.382 e. The van der Waals surface area contributed by atoms with Gasteiger partial charge < -0.3 is 24.4 Å². The van der Waals surface area contributed by atoms with Crippen LogP contribution in [0.4, 0.5) is 0 Å². The van der Waals surface area contributed by atoms with E-state index < -0.39 is 0 Å². The number of morpholine rings is 1. The number of aliphatic imine (C=N–C) groups is 1. The number of halogens is 1. The van der Waals surface area contributed by atoms with Crippen LogP contribution in [0.25, 0.3) is 0 Å². The molecule has 2 aliphatic rings. The van der Waals surface area contributed by atoms with Crippen LogP contribution in [0.2, 0.25) is 0 Å². The number of nitrogens with one attached hydrogen (secondary N) is 1. The maximum Gasteiger partial charge on any atom is 0.193 e. The van der Waals surface area contributed by atoms with Gasteiger partial charge in [0.05, 0.1) is 32.0 Å². The van der Waals surface area contributed by atoms with E-state index in [1.807, 2.05) is 7.05 Å². The lowest BCUT2D eigenvalue weighted by Crippen LogP contribution is -2.45. The van der Waals surface area contributed by atoms with Crippen molar-refractivity contribution in [1.29, 1.82) is 0 Å². The summed E-state index contributed by atoms with van der Waals surface area (Å²) in [4.78, 5) is 9.38.